The van der Waals surface area contributed by atoms with Gasteiger partial charge >= 0.3 is 0 Å². The first-order valence-electron chi connectivity index (χ1n) is 5.24. The van der Waals surface area contributed by atoms with Gasteiger partial charge in [-0.05, 0) is 24.7 Å². The first-order chi connectivity index (χ1) is 8.71. The number of hydrogen-bond acceptors (Lipinski definition) is 4. The van der Waals surface area contributed by atoms with Crippen LogP contribution in [0.1, 0.15) is 11.1 Å². The number of hydrogen-bond donors (Lipinski definition) is 3. The molecular weight excluding hydrogens is 230 g/mol. The second-order valence-corrected chi connectivity index (χ2v) is 3.38. The van der Waals surface area contributed by atoms with Crippen LogP contribution in [0.4, 0.5) is 0 Å². The second-order valence-electron chi connectivity index (χ2n) is 3.38. The van der Waals surface area contributed by atoms with Crippen LogP contribution in [0.25, 0.3) is 0 Å². The number of amides is 2. The molecular formula is C13H13N3O2. The van der Waals surface area contributed by atoms with Gasteiger partial charge in [-0.3, -0.25) is 20.2 Å². The van der Waals surface area contributed by atoms with Crippen LogP contribution in [0.5, 0.6) is 0 Å². The van der Waals surface area contributed by atoms with Gasteiger partial charge in [-0.15, -0.1) is 0 Å². The lowest BCUT2D eigenvalue weighted by Crippen LogP contribution is -2.41. The second kappa shape index (κ2) is 6.99. The molecule has 0 aliphatic heterocycles. The van der Waals surface area contributed by atoms with E-state index in [4.69, 9.17) is 5.41 Å². The summed E-state index contributed by atoms with van der Waals surface area (Å²) in [6.07, 6.45) is 1.57. The number of rotatable bonds is 4. The minimum atomic E-state index is -0.738. The average molecular weight is 243 g/mol. The van der Waals surface area contributed by atoms with Crippen LogP contribution in [0.15, 0.2) is 24.3 Å². The molecule has 0 aliphatic rings. The SMILES string of the molecule is CNC(C#Cc1ccc(C=N)cc1)C(=O)NC=O. The Labute approximate surface area is 105 Å². The highest BCUT2D eigenvalue weighted by Crippen LogP contribution is 2.00. The van der Waals surface area contributed by atoms with E-state index >= 15 is 0 Å². The Balaban J connectivity index is 2.80. The van der Waals surface area contributed by atoms with Gasteiger partial charge in [-0.25, -0.2) is 0 Å². The molecule has 0 fully saturated rings. The molecule has 92 valence electrons. The minimum absolute atomic E-state index is 0.327. The summed E-state index contributed by atoms with van der Waals surface area (Å²) in [6.45, 7) is 0. The fraction of sp³-hybridized carbons (Fsp3) is 0.154. The van der Waals surface area contributed by atoms with Crippen molar-refractivity contribution in [2.75, 3.05) is 7.05 Å². The molecule has 1 atom stereocenters. The molecule has 1 unspecified atom stereocenters. The Morgan fingerprint density at radius 3 is 2.56 bits per heavy atom. The van der Waals surface area contributed by atoms with E-state index in [1.165, 1.54) is 6.21 Å². The zero-order chi connectivity index (χ0) is 13.4. The van der Waals surface area contributed by atoms with E-state index in [1.54, 1.807) is 31.3 Å². The van der Waals surface area contributed by atoms with Gasteiger partial charge in [0.1, 0.15) is 6.04 Å². The minimum Gasteiger partial charge on any atom is -0.308 e. The maximum Gasteiger partial charge on any atom is 0.255 e. The van der Waals surface area contributed by atoms with Crippen molar-refractivity contribution in [3.05, 3.63) is 35.4 Å². The molecule has 0 saturated carbocycles. The molecule has 18 heavy (non-hydrogen) atoms. The lowest BCUT2D eigenvalue weighted by atomic mass is 10.1. The van der Waals surface area contributed by atoms with E-state index in [0.717, 1.165) is 11.1 Å². The van der Waals surface area contributed by atoms with Gasteiger partial charge in [0.2, 0.25) is 6.41 Å². The molecule has 0 saturated heterocycles. The Morgan fingerprint density at radius 1 is 1.39 bits per heavy atom. The number of carbonyl (C=O) groups excluding carboxylic acids is 2. The van der Waals surface area contributed by atoms with Gasteiger partial charge in [0.25, 0.3) is 5.91 Å². The Hall–Kier alpha value is -2.45. The standard InChI is InChI=1S/C13H13N3O2/c1-15-12(13(18)16-9-17)7-6-10-2-4-11(8-14)5-3-10/h2-5,8-9,12,14-15H,1H3,(H,16,17,18). The zero-order valence-corrected chi connectivity index (χ0v) is 9.86. The van der Waals surface area contributed by atoms with Crippen molar-refractivity contribution in [3.8, 4) is 11.8 Å². The maximum absolute atomic E-state index is 11.4. The van der Waals surface area contributed by atoms with Gasteiger partial charge in [-0.2, -0.15) is 0 Å². The van der Waals surface area contributed by atoms with E-state index in [0.29, 0.717) is 6.41 Å². The molecule has 0 aliphatic carbocycles. The molecule has 3 N–H and O–H groups in total. The summed E-state index contributed by atoms with van der Waals surface area (Å²) in [5.74, 6) is 5.05. The molecule has 0 bridgehead atoms. The predicted molar refractivity (Wildman–Crippen MR) is 68.3 cm³/mol. The normalized spacial score (nSPS) is 10.7. The maximum atomic E-state index is 11.4. The van der Waals surface area contributed by atoms with Crippen molar-refractivity contribution in [2.24, 2.45) is 0 Å². The largest absolute Gasteiger partial charge is 0.308 e. The van der Waals surface area contributed by atoms with Crippen molar-refractivity contribution in [1.82, 2.24) is 10.6 Å². The summed E-state index contributed by atoms with van der Waals surface area (Å²) in [4.78, 5) is 21.5. The van der Waals surface area contributed by atoms with Crippen molar-refractivity contribution in [2.45, 2.75) is 6.04 Å². The molecule has 0 spiro atoms. The third-order valence-electron chi connectivity index (χ3n) is 2.19. The number of benzene rings is 1. The summed E-state index contributed by atoms with van der Waals surface area (Å²) in [5, 5.41) is 11.8. The van der Waals surface area contributed by atoms with Crippen LogP contribution < -0.4 is 10.6 Å². The van der Waals surface area contributed by atoms with Crippen LogP contribution in [-0.4, -0.2) is 31.6 Å². The van der Waals surface area contributed by atoms with Gasteiger partial charge < -0.3 is 5.41 Å². The summed E-state index contributed by atoms with van der Waals surface area (Å²) in [6, 6.07) is 6.31. The van der Waals surface area contributed by atoms with Crippen molar-refractivity contribution >= 4 is 18.5 Å². The third kappa shape index (κ3) is 3.85. The summed E-state index contributed by atoms with van der Waals surface area (Å²) < 4.78 is 0. The van der Waals surface area contributed by atoms with Crippen molar-refractivity contribution in [3.63, 3.8) is 0 Å². The van der Waals surface area contributed by atoms with Crippen LogP contribution in [0, 0.1) is 17.3 Å². The summed E-state index contributed by atoms with van der Waals surface area (Å²) in [5.41, 5.74) is 1.52. The van der Waals surface area contributed by atoms with E-state index in [9.17, 15) is 9.59 Å². The van der Waals surface area contributed by atoms with Crippen LogP contribution in [-0.2, 0) is 9.59 Å². The zero-order valence-electron chi connectivity index (χ0n) is 9.86. The van der Waals surface area contributed by atoms with Crippen LogP contribution in [0.2, 0.25) is 0 Å². The third-order valence-corrected chi connectivity index (χ3v) is 2.19. The topological polar surface area (TPSA) is 82.1 Å². The summed E-state index contributed by atoms with van der Waals surface area (Å²) in [7, 11) is 1.59. The lowest BCUT2D eigenvalue weighted by molar-refractivity contribution is -0.125. The molecule has 5 nitrogen and oxygen atoms in total. The van der Waals surface area contributed by atoms with E-state index in [-0.39, 0.29) is 0 Å². The number of imide groups is 1. The highest BCUT2D eigenvalue weighted by molar-refractivity contribution is 5.92. The van der Waals surface area contributed by atoms with Crippen LogP contribution in [0.3, 0.4) is 0 Å². The van der Waals surface area contributed by atoms with Gasteiger partial charge in [0.05, 0.1) is 0 Å². The first kappa shape index (κ1) is 13.6. The fourth-order valence-electron chi connectivity index (χ4n) is 1.23. The van der Waals surface area contributed by atoms with Gasteiger partial charge in [-0.1, -0.05) is 24.0 Å². The molecule has 0 radical (unpaired) electrons. The van der Waals surface area contributed by atoms with Crippen LogP contribution >= 0.6 is 0 Å². The highest BCUT2D eigenvalue weighted by Gasteiger charge is 2.11. The molecule has 1 aromatic carbocycles. The van der Waals surface area contributed by atoms with E-state index < -0.39 is 11.9 Å². The Morgan fingerprint density at radius 2 is 2.06 bits per heavy atom. The smallest absolute Gasteiger partial charge is 0.255 e. The fourth-order valence-corrected chi connectivity index (χ4v) is 1.23. The van der Waals surface area contributed by atoms with Gasteiger partial charge in [0, 0.05) is 11.8 Å². The van der Waals surface area contributed by atoms with Crippen molar-refractivity contribution < 1.29 is 9.59 Å². The Bertz CT molecular complexity index is 497. The number of likely N-dealkylation sites (N-methyl/N-ethyl adjacent to an activating group) is 1. The monoisotopic (exact) mass is 243 g/mol. The lowest BCUT2D eigenvalue weighted by Gasteiger charge is -2.05. The van der Waals surface area contributed by atoms with E-state index in [2.05, 4.69) is 17.2 Å². The van der Waals surface area contributed by atoms with Gasteiger partial charge in [0.15, 0.2) is 0 Å². The summed E-state index contributed by atoms with van der Waals surface area (Å²) >= 11 is 0. The molecule has 0 aromatic heterocycles. The molecule has 1 aromatic rings. The highest BCUT2D eigenvalue weighted by atomic mass is 16.2. The molecule has 5 heteroatoms. The molecule has 1 rings (SSSR count). The Kier molecular flexibility index (Phi) is 5.29. The molecule has 2 amide bonds. The number of carbonyl (C=O) groups is 2. The quantitative estimate of drug-likeness (QED) is 0.392. The van der Waals surface area contributed by atoms with E-state index in [1.807, 2.05) is 5.32 Å². The first-order valence-corrected chi connectivity index (χ1v) is 5.24. The predicted octanol–water partition coefficient (Wildman–Crippen LogP) is -0.104. The number of nitrogens with one attached hydrogen (secondary N) is 3. The van der Waals surface area contributed by atoms with Crippen molar-refractivity contribution in [1.29, 1.82) is 5.41 Å². The molecule has 0 heterocycles. The average Bonchev–Trinajstić information content (AvgIpc) is 2.40.